The quantitative estimate of drug-likeness (QED) is 0.799. The van der Waals surface area contributed by atoms with E-state index < -0.39 is 5.91 Å². The molecule has 0 saturated heterocycles. The number of aryl methyl sites for hydroxylation is 2. The summed E-state index contributed by atoms with van der Waals surface area (Å²) in [5, 5.41) is 0. The Morgan fingerprint density at radius 3 is 2.87 bits per heavy atom. The lowest BCUT2D eigenvalue weighted by Crippen LogP contribution is -2.11. The summed E-state index contributed by atoms with van der Waals surface area (Å²) in [5.41, 5.74) is 8.70. The van der Waals surface area contributed by atoms with Crippen molar-refractivity contribution in [1.82, 2.24) is 9.38 Å². The molecule has 1 amide bonds. The number of rotatable bonds is 2. The average molecular weight is 203 g/mol. The van der Waals surface area contributed by atoms with Crippen molar-refractivity contribution in [1.29, 1.82) is 0 Å². The van der Waals surface area contributed by atoms with E-state index in [1.807, 2.05) is 17.4 Å². The van der Waals surface area contributed by atoms with Crippen LogP contribution in [0.5, 0.6) is 0 Å². The molecule has 4 heteroatoms. The molecule has 0 fully saturated rings. The van der Waals surface area contributed by atoms with Crippen LogP contribution in [-0.4, -0.2) is 15.3 Å². The van der Waals surface area contributed by atoms with Gasteiger partial charge in [-0.25, -0.2) is 4.98 Å². The van der Waals surface area contributed by atoms with Gasteiger partial charge < -0.3 is 10.1 Å². The maximum absolute atomic E-state index is 11.0. The number of nitrogens with two attached hydrogens (primary N) is 1. The Bertz CT molecular complexity index is 528. The van der Waals surface area contributed by atoms with Crippen LogP contribution < -0.4 is 5.73 Å². The van der Waals surface area contributed by atoms with Crippen molar-refractivity contribution in [2.75, 3.05) is 0 Å². The topological polar surface area (TPSA) is 60.4 Å². The van der Waals surface area contributed by atoms with Crippen molar-refractivity contribution in [3.05, 3.63) is 35.3 Å². The Labute approximate surface area is 87.7 Å². The largest absolute Gasteiger partial charge is 0.366 e. The van der Waals surface area contributed by atoms with Gasteiger partial charge in [-0.3, -0.25) is 4.79 Å². The summed E-state index contributed by atoms with van der Waals surface area (Å²) in [7, 11) is 0. The number of fused-ring (bicyclic) bond motifs is 1. The molecule has 0 aliphatic rings. The molecule has 0 aliphatic heterocycles. The van der Waals surface area contributed by atoms with Crippen LogP contribution in [0.15, 0.2) is 18.3 Å². The predicted molar refractivity (Wildman–Crippen MR) is 57.8 cm³/mol. The molecule has 0 aliphatic carbocycles. The van der Waals surface area contributed by atoms with Gasteiger partial charge in [0.2, 0.25) is 5.91 Å². The van der Waals surface area contributed by atoms with Crippen molar-refractivity contribution >= 4 is 11.6 Å². The lowest BCUT2D eigenvalue weighted by molar-refractivity contribution is 0.1000. The highest BCUT2D eigenvalue weighted by atomic mass is 16.1. The van der Waals surface area contributed by atoms with Crippen molar-refractivity contribution in [3.63, 3.8) is 0 Å². The molecule has 0 aromatic carbocycles. The molecule has 0 radical (unpaired) electrons. The fourth-order valence-electron chi connectivity index (χ4n) is 1.69. The summed E-state index contributed by atoms with van der Waals surface area (Å²) in [4.78, 5) is 15.5. The first-order valence-electron chi connectivity index (χ1n) is 4.91. The molecule has 2 N–H and O–H groups in total. The van der Waals surface area contributed by atoms with Gasteiger partial charge in [-0.1, -0.05) is 6.92 Å². The van der Waals surface area contributed by atoms with E-state index in [0.717, 1.165) is 23.5 Å². The Kier molecular flexibility index (Phi) is 2.19. The first kappa shape index (κ1) is 9.71. The zero-order chi connectivity index (χ0) is 11.0. The van der Waals surface area contributed by atoms with E-state index in [9.17, 15) is 4.79 Å². The van der Waals surface area contributed by atoms with Crippen molar-refractivity contribution < 1.29 is 4.79 Å². The molecule has 78 valence electrons. The standard InChI is InChI=1S/C11H13N3O/c1-3-9-7(2)14-6-8(11(12)15)4-5-10(14)13-9/h4-6H,3H2,1-2H3,(H2,12,15). The molecular weight excluding hydrogens is 190 g/mol. The third-order valence-corrected chi connectivity index (χ3v) is 2.57. The highest BCUT2D eigenvalue weighted by molar-refractivity contribution is 5.92. The van der Waals surface area contributed by atoms with Crippen LogP contribution in [0.3, 0.4) is 0 Å². The van der Waals surface area contributed by atoms with E-state index in [1.165, 1.54) is 0 Å². The summed E-state index contributed by atoms with van der Waals surface area (Å²) in [6.45, 7) is 4.05. The molecular formula is C11H13N3O. The van der Waals surface area contributed by atoms with E-state index in [1.54, 1.807) is 12.3 Å². The van der Waals surface area contributed by atoms with E-state index in [4.69, 9.17) is 5.73 Å². The van der Waals surface area contributed by atoms with E-state index >= 15 is 0 Å². The molecule has 2 aromatic heterocycles. The Morgan fingerprint density at radius 2 is 2.27 bits per heavy atom. The van der Waals surface area contributed by atoms with Crippen molar-refractivity contribution in [2.24, 2.45) is 5.73 Å². The van der Waals surface area contributed by atoms with Gasteiger partial charge in [-0.2, -0.15) is 0 Å². The maximum atomic E-state index is 11.0. The zero-order valence-electron chi connectivity index (χ0n) is 8.82. The Balaban J connectivity index is 2.70. The summed E-state index contributed by atoms with van der Waals surface area (Å²) in [6, 6.07) is 3.51. The lowest BCUT2D eigenvalue weighted by atomic mass is 10.2. The second-order valence-electron chi connectivity index (χ2n) is 3.51. The van der Waals surface area contributed by atoms with Crippen LogP contribution >= 0.6 is 0 Å². The molecule has 4 nitrogen and oxygen atoms in total. The van der Waals surface area contributed by atoms with Crippen LogP contribution in [-0.2, 0) is 6.42 Å². The number of primary amides is 1. The minimum Gasteiger partial charge on any atom is -0.366 e. The molecule has 2 heterocycles. The predicted octanol–water partition coefficient (Wildman–Crippen LogP) is 1.30. The second-order valence-corrected chi connectivity index (χ2v) is 3.51. The normalized spacial score (nSPS) is 10.8. The maximum Gasteiger partial charge on any atom is 0.250 e. The molecule has 0 bridgehead atoms. The number of imidazole rings is 1. The van der Waals surface area contributed by atoms with E-state index in [0.29, 0.717) is 5.56 Å². The van der Waals surface area contributed by atoms with E-state index in [2.05, 4.69) is 11.9 Å². The number of hydrogen-bond acceptors (Lipinski definition) is 2. The van der Waals surface area contributed by atoms with Gasteiger partial charge in [0.25, 0.3) is 0 Å². The first-order valence-corrected chi connectivity index (χ1v) is 4.91. The molecule has 2 aromatic rings. The molecule has 0 spiro atoms. The van der Waals surface area contributed by atoms with Crippen LogP contribution in [0.4, 0.5) is 0 Å². The highest BCUT2D eigenvalue weighted by Crippen LogP contribution is 2.13. The van der Waals surface area contributed by atoms with Gasteiger partial charge in [-0.05, 0) is 25.5 Å². The smallest absolute Gasteiger partial charge is 0.250 e. The second kappa shape index (κ2) is 3.38. The van der Waals surface area contributed by atoms with Gasteiger partial charge in [0.15, 0.2) is 0 Å². The summed E-state index contributed by atoms with van der Waals surface area (Å²) in [6.07, 6.45) is 2.62. The molecule has 2 rings (SSSR count). The van der Waals surface area contributed by atoms with E-state index in [-0.39, 0.29) is 0 Å². The van der Waals surface area contributed by atoms with Crippen molar-refractivity contribution in [3.8, 4) is 0 Å². The highest BCUT2D eigenvalue weighted by Gasteiger charge is 2.08. The average Bonchev–Trinajstić information content (AvgIpc) is 2.55. The lowest BCUT2D eigenvalue weighted by Gasteiger charge is -1.99. The minimum atomic E-state index is -0.414. The molecule has 0 unspecified atom stereocenters. The molecule has 15 heavy (non-hydrogen) atoms. The third kappa shape index (κ3) is 1.48. The number of aromatic nitrogens is 2. The van der Waals surface area contributed by atoms with Gasteiger partial charge in [0.1, 0.15) is 5.65 Å². The summed E-state index contributed by atoms with van der Waals surface area (Å²) >= 11 is 0. The monoisotopic (exact) mass is 203 g/mol. The van der Waals surface area contributed by atoms with Crippen LogP contribution in [0, 0.1) is 6.92 Å². The van der Waals surface area contributed by atoms with Crippen molar-refractivity contribution in [2.45, 2.75) is 20.3 Å². The van der Waals surface area contributed by atoms with Gasteiger partial charge in [-0.15, -0.1) is 0 Å². The fourth-order valence-corrected chi connectivity index (χ4v) is 1.69. The van der Waals surface area contributed by atoms with Crippen LogP contribution in [0.1, 0.15) is 28.7 Å². The number of nitrogens with zero attached hydrogens (tertiary/aromatic N) is 2. The number of hydrogen-bond donors (Lipinski definition) is 1. The number of carbonyl (C=O) groups is 1. The molecule has 0 atom stereocenters. The Hall–Kier alpha value is -1.84. The number of pyridine rings is 1. The van der Waals surface area contributed by atoms with Crippen LogP contribution in [0.2, 0.25) is 0 Å². The summed E-state index contributed by atoms with van der Waals surface area (Å²) in [5.74, 6) is -0.414. The zero-order valence-corrected chi connectivity index (χ0v) is 8.82. The third-order valence-electron chi connectivity index (χ3n) is 2.57. The van der Waals surface area contributed by atoms with Crippen LogP contribution in [0.25, 0.3) is 5.65 Å². The first-order chi connectivity index (χ1) is 7.13. The Morgan fingerprint density at radius 1 is 1.53 bits per heavy atom. The van der Waals surface area contributed by atoms with Gasteiger partial charge in [0.05, 0.1) is 11.3 Å². The fraction of sp³-hybridized carbons (Fsp3) is 0.273. The van der Waals surface area contributed by atoms with Gasteiger partial charge in [0, 0.05) is 11.9 Å². The minimum absolute atomic E-state index is 0.414. The molecule has 0 saturated carbocycles. The summed E-state index contributed by atoms with van der Waals surface area (Å²) < 4.78 is 1.90. The SMILES string of the molecule is CCc1nc2ccc(C(N)=O)cn2c1C. The number of amides is 1. The van der Waals surface area contributed by atoms with Gasteiger partial charge >= 0.3 is 0 Å². The number of carbonyl (C=O) groups excluding carboxylic acids is 1.